The maximum Gasteiger partial charge on any atom is 0.166 e. The third kappa shape index (κ3) is 5.27. The molecule has 0 radical (unpaired) electrons. The largest absolute Gasteiger partial charge is 0.362 e. The Labute approximate surface area is 95.5 Å². The van der Waals surface area contributed by atoms with E-state index >= 15 is 0 Å². The molecule has 0 spiro atoms. The predicted molar refractivity (Wildman–Crippen MR) is 64.3 cm³/mol. The van der Waals surface area contributed by atoms with E-state index in [0.29, 0.717) is 17.6 Å². The molecule has 5 heteroatoms. The number of rotatable bonds is 4. The van der Waals surface area contributed by atoms with Gasteiger partial charge in [0, 0.05) is 12.7 Å². The van der Waals surface area contributed by atoms with Gasteiger partial charge in [-0.3, -0.25) is 0 Å². The third-order valence-electron chi connectivity index (χ3n) is 1.74. The van der Waals surface area contributed by atoms with Gasteiger partial charge < -0.3 is 10.6 Å². The zero-order valence-corrected chi connectivity index (χ0v) is 9.84. The van der Waals surface area contributed by atoms with E-state index in [0.717, 1.165) is 12.2 Å². The average molecular weight is 224 g/mol. The highest BCUT2D eigenvalue weighted by molar-refractivity contribution is 7.80. The molecule has 4 nitrogen and oxygen atoms in total. The Balaban J connectivity index is 2.23. The van der Waals surface area contributed by atoms with E-state index in [4.69, 9.17) is 12.2 Å². The Morgan fingerprint density at radius 2 is 2.27 bits per heavy atom. The van der Waals surface area contributed by atoms with Gasteiger partial charge in [-0.1, -0.05) is 13.8 Å². The zero-order valence-electron chi connectivity index (χ0n) is 9.03. The van der Waals surface area contributed by atoms with Crippen molar-refractivity contribution < 1.29 is 0 Å². The quantitative estimate of drug-likeness (QED) is 0.750. The third-order valence-corrected chi connectivity index (χ3v) is 2.03. The molecule has 0 bridgehead atoms. The van der Waals surface area contributed by atoms with Gasteiger partial charge in [-0.2, -0.15) is 0 Å². The fourth-order valence-corrected chi connectivity index (χ4v) is 1.11. The lowest BCUT2D eigenvalue weighted by Crippen LogP contribution is -2.36. The van der Waals surface area contributed by atoms with E-state index in [9.17, 15) is 0 Å². The van der Waals surface area contributed by atoms with E-state index < -0.39 is 0 Å². The highest BCUT2D eigenvalue weighted by atomic mass is 32.1. The first-order valence-corrected chi connectivity index (χ1v) is 5.36. The van der Waals surface area contributed by atoms with Crippen LogP contribution in [0, 0.1) is 5.92 Å². The van der Waals surface area contributed by atoms with E-state index in [2.05, 4.69) is 34.4 Å². The first kappa shape index (κ1) is 11.8. The van der Waals surface area contributed by atoms with Crippen molar-refractivity contribution in [3.63, 3.8) is 0 Å². The summed E-state index contributed by atoms with van der Waals surface area (Å²) in [5.74, 6) is 0.587. The lowest BCUT2D eigenvalue weighted by molar-refractivity contribution is 0.619. The molecule has 82 valence electrons. The minimum absolute atomic E-state index is 0.587. The summed E-state index contributed by atoms with van der Waals surface area (Å²) >= 11 is 5.11. The second kappa shape index (κ2) is 6.29. The minimum Gasteiger partial charge on any atom is -0.362 e. The molecule has 0 aliphatic carbocycles. The van der Waals surface area contributed by atoms with Gasteiger partial charge in [-0.05, 0) is 24.2 Å². The van der Waals surface area contributed by atoms with Crippen molar-refractivity contribution in [2.75, 3.05) is 6.54 Å². The van der Waals surface area contributed by atoms with E-state index in [1.54, 1.807) is 6.20 Å². The summed E-state index contributed by atoms with van der Waals surface area (Å²) in [6, 6.07) is 1.86. The molecule has 0 aromatic carbocycles. The Kier molecular flexibility index (Phi) is 4.97. The first-order chi connectivity index (χ1) is 7.18. The van der Waals surface area contributed by atoms with Crippen molar-refractivity contribution in [3.8, 4) is 0 Å². The lowest BCUT2D eigenvalue weighted by atomic mass is 10.2. The standard InChI is InChI=1S/C10H16N4S/c1-8(2)5-12-10(15)13-6-9-3-4-11-7-14-9/h3-4,7-8H,5-6H2,1-2H3,(H2,12,13,15). The average Bonchev–Trinajstić information content (AvgIpc) is 2.25. The summed E-state index contributed by atoms with van der Waals surface area (Å²) in [6.07, 6.45) is 3.25. The maximum absolute atomic E-state index is 5.11. The SMILES string of the molecule is CC(C)CNC(=S)NCc1ccncn1. The molecular formula is C10H16N4S. The lowest BCUT2D eigenvalue weighted by Gasteiger charge is -2.11. The van der Waals surface area contributed by atoms with Crippen LogP contribution in [-0.4, -0.2) is 21.6 Å². The van der Waals surface area contributed by atoms with Crippen LogP contribution in [0.15, 0.2) is 18.6 Å². The molecule has 0 atom stereocenters. The van der Waals surface area contributed by atoms with Crippen LogP contribution in [0.3, 0.4) is 0 Å². The molecule has 0 fully saturated rings. The van der Waals surface area contributed by atoms with Crippen LogP contribution >= 0.6 is 12.2 Å². The number of thiocarbonyl (C=S) groups is 1. The van der Waals surface area contributed by atoms with Crippen LogP contribution in [0.25, 0.3) is 0 Å². The van der Waals surface area contributed by atoms with Gasteiger partial charge in [0.1, 0.15) is 6.33 Å². The molecule has 1 heterocycles. The monoisotopic (exact) mass is 224 g/mol. The summed E-state index contributed by atoms with van der Waals surface area (Å²) in [7, 11) is 0. The highest BCUT2D eigenvalue weighted by Crippen LogP contribution is 1.90. The minimum atomic E-state index is 0.587. The second-order valence-corrected chi connectivity index (χ2v) is 4.07. The fraction of sp³-hybridized carbons (Fsp3) is 0.500. The van der Waals surface area contributed by atoms with Crippen molar-refractivity contribution in [1.82, 2.24) is 20.6 Å². The van der Waals surface area contributed by atoms with E-state index in [-0.39, 0.29) is 0 Å². The molecule has 0 amide bonds. The number of hydrogen-bond donors (Lipinski definition) is 2. The van der Waals surface area contributed by atoms with Gasteiger partial charge in [-0.15, -0.1) is 0 Å². The van der Waals surface area contributed by atoms with Gasteiger partial charge in [0.25, 0.3) is 0 Å². The molecule has 0 aliphatic rings. The van der Waals surface area contributed by atoms with Crippen LogP contribution in [0.5, 0.6) is 0 Å². The van der Waals surface area contributed by atoms with E-state index in [1.165, 1.54) is 6.33 Å². The van der Waals surface area contributed by atoms with Gasteiger partial charge in [0.05, 0.1) is 12.2 Å². The summed E-state index contributed by atoms with van der Waals surface area (Å²) in [4.78, 5) is 7.93. The first-order valence-electron chi connectivity index (χ1n) is 4.95. The fourth-order valence-electron chi connectivity index (χ4n) is 0.953. The van der Waals surface area contributed by atoms with Crippen molar-refractivity contribution in [2.45, 2.75) is 20.4 Å². The second-order valence-electron chi connectivity index (χ2n) is 3.66. The van der Waals surface area contributed by atoms with Gasteiger partial charge >= 0.3 is 0 Å². The van der Waals surface area contributed by atoms with Crippen LogP contribution in [-0.2, 0) is 6.54 Å². The van der Waals surface area contributed by atoms with Crippen molar-refractivity contribution in [1.29, 1.82) is 0 Å². The van der Waals surface area contributed by atoms with Gasteiger partial charge in [0.15, 0.2) is 5.11 Å². The topological polar surface area (TPSA) is 49.8 Å². The molecule has 0 saturated carbocycles. The predicted octanol–water partition coefficient (Wildman–Crippen LogP) is 1.10. The molecule has 1 aromatic rings. The summed E-state index contributed by atoms with van der Waals surface area (Å²) in [6.45, 7) is 5.79. The van der Waals surface area contributed by atoms with Gasteiger partial charge in [-0.25, -0.2) is 9.97 Å². The molecule has 1 aromatic heterocycles. The maximum atomic E-state index is 5.11. The van der Waals surface area contributed by atoms with Crippen molar-refractivity contribution in [3.05, 3.63) is 24.3 Å². The Morgan fingerprint density at radius 1 is 1.47 bits per heavy atom. The normalized spacial score (nSPS) is 10.1. The molecule has 0 aliphatic heterocycles. The molecule has 15 heavy (non-hydrogen) atoms. The van der Waals surface area contributed by atoms with Crippen LogP contribution in [0.2, 0.25) is 0 Å². The number of aromatic nitrogens is 2. The summed E-state index contributed by atoms with van der Waals surface area (Å²) in [5, 5.41) is 6.88. The molecule has 2 N–H and O–H groups in total. The van der Waals surface area contributed by atoms with E-state index in [1.807, 2.05) is 6.07 Å². The zero-order chi connectivity index (χ0) is 11.1. The number of nitrogens with zero attached hydrogens (tertiary/aromatic N) is 2. The molecule has 0 saturated heterocycles. The Hall–Kier alpha value is -1.23. The van der Waals surface area contributed by atoms with Crippen LogP contribution in [0.1, 0.15) is 19.5 Å². The number of hydrogen-bond acceptors (Lipinski definition) is 3. The molecular weight excluding hydrogens is 208 g/mol. The molecule has 0 unspecified atom stereocenters. The van der Waals surface area contributed by atoms with Crippen LogP contribution in [0.4, 0.5) is 0 Å². The summed E-state index contributed by atoms with van der Waals surface area (Å²) < 4.78 is 0. The summed E-state index contributed by atoms with van der Waals surface area (Å²) in [5.41, 5.74) is 0.929. The highest BCUT2D eigenvalue weighted by Gasteiger charge is 1.98. The Bertz CT molecular complexity index is 300. The van der Waals surface area contributed by atoms with Gasteiger partial charge in [0.2, 0.25) is 0 Å². The Morgan fingerprint density at radius 3 is 2.87 bits per heavy atom. The van der Waals surface area contributed by atoms with Crippen LogP contribution < -0.4 is 10.6 Å². The van der Waals surface area contributed by atoms with Crippen molar-refractivity contribution in [2.24, 2.45) is 5.92 Å². The molecule has 1 rings (SSSR count). The number of nitrogens with one attached hydrogen (secondary N) is 2. The van der Waals surface area contributed by atoms with Crippen molar-refractivity contribution >= 4 is 17.3 Å². The smallest absolute Gasteiger partial charge is 0.166 e.